The molecule has 1 saturated heterocycles. The van der Waals surface area contributed by atoms with Crippen molar-refractivity contribution in [3.8, 4) is 11.5 Å². The number of ether oxygens (including phenoxy) is 2. The van der Waals surface area contributed by atoms with Gasteiger partial charge >= 0.3 is 0 Å². The number of carbonyl (C=O) groups is 1. The molecule has 2 aromatic rings. The van der Waals surface area contributed by atoms with Crippen LogP contribution >= 0.6 is 0 Å². The Labute approximate surface area is 191 Å². The molecule has 1 aliphatic heterocycles. The highest BCUT2D eigenvalue weighted by Crippen LogP contribution is 2.28. The third-order valence-electron chi connectivity index (χ3n) is 5.71. The summed E-state index contributed by atoms with van der Waals surface area (Å²) < 4.78 is 10.9. The molecule has 2 aromatic carbocycles. The number of hydrogen-bond donors (Lipinski definition) is 1. The van der Waals surface area contributed by atoms with Gasteiger partial charge in [-0.3, -0.25) is 9.69 Å². The summed E-state index contributed by atoms with van der Waals surface area (Å²) in [6.45, 7) is 12.2. The molecule has 6 heteroatoms. The molecule has 0 saturated carbocycles. The molecular weight excluding hydrogens is 402 g/mol. The summed E-state index contributed by atoms with van der Waals surface area (Å²) in [7, 11) is 1.57. The number of methoxy groups -OCH3 is 1. The minimum Gasteiger partial charge on any atom is -0.493 e. The van der Waals surface area contributed by atoms with Crippen molar-refractivity contribution >= 4 is 11.6 Å². The van der Waals surface area contributed by atoms with E-state index < -0.39 is 0 Å². The molecule has 32 heavy (non-hydrogen) atoms. The predicted molar refractivity (Wildman–Crippen MR) is 130 cm³/mol. The summed E-state index contributed by atoms with van der Waals surface area (Å²) in [4.78, 5) is 17.4. The normalized spacial score (nSPS) is 14.1. The summed E-state index contributed by atoms with van der Waals surface area (Å²) >= 11 is 0. The van der Waals surface area contributed by atoms with Crippen LogP contribution in [-0.4, -0.2) is 63.8 Å². The van der Waals surface area contributed by atoms with Gasteiger partial charge in [0.25, 0.3) is 5.91 Å². The average Bonchev–Trinajstić information content (AvgIpc) is 2.82. The van der Waals surface area contributed by atoms with Gasteiger partial charge in [0.2, 0.25) is 0 Å². The number of carbonyl (C=O) groups excluding carboxylic acids is 1. The third kappa shape index (κ3) is 6.76. The van der Waals surface area contributed by atoms with Crippen molar-refractivity contribution < 1.29 is 14.3 Å². The van der Waals surface area contributed by atoms with Crippen LogP contribution in [0, 0.1) is 6.92 Å². The monoisotopic (exact) mass is 437 g/mol. The molecule has 0 spiro atoms. The number of benzene rings is 2. The quantitative estimate of drug-likeness (QED) is 0.427. The first-order chi connectivity index (χ1) is 15.6. The van der Waals surface area contributed by atoms with E-state index in [9.17, 15) is 4.79 Å². The van der Waals surface area contributed by atoms with E-state index in [-0.39, 0.29) is 5.91 Å². The van der Waals surface area contributed by atoms with Gasteiger partial charge in [-0.05, 0) is 62.2 Å². The van der Waals surface area contributed by atoms with Gasteiger partial charge in [0.1, 0.15) is 6.61 Å². The Balaban J connectivity index is 1.34. The van der Waals surface area contributed by atoms with E-state index in [2.05, 4.69) is 52.9 Å². The Bertz CT molecular complexity index is 892. The molecule has 1 amide bonds. The van der Waals surface area contributed by atoms with Crippen LogP contribution in [0.4, 0.5) is 5.69 Å². The van der Waals surface area contributed by atoms with Crippen molar-refractivity contribution in [2.45, 2.75) is 19.8 Å². The van der Waals surface area contributed by atoms with Gasteiger partial charge in [-0.25, -0.2) is 0 Å². The fraction of sp³-hybridized carbons (Fsp3) is 0.423. The number of nitrogens with zero attached hydrogens (tertiary/aromatic N) is 2. The zero-order valence-corrected chi connectivity index (χ0v) is 19.3. The molecular formula is C26H35N3O3. The number of amides is 1. The standard InChI is InChI=1S/C26H35N3O3/c1-4-18-32-24-11-10-22(20-25(24)31-3)26(30)27-12-5-6-13-28-14-16-29(17-15-28)23-9-7-8-21(2)19-23/h4,7-11,19-20H,1,5-6,12-18H2,2-3H3,(H,27,30). The summed E-state index contributed by atoms with van der Waals surface area (Å²) in [5.74, 6) is 1.06. The molecule has 1 heterocycles. The molecule has 3 rings (SSSR count). The van der Waals surface area contributed by atoms with E-state index >= 15 is 0 Å². The van der Waals surface area contributed by atoms with E-state index in [0.717, 1.165) is 45.6 Å². The molecule has 172 valence electrons. The molecule has 0 radical (unpaired) electrons. The number of aryl methyl sites for hydroxylation is 1. The topological polar surface area (TPSA) is 54.0 Å². The molecule has 0 bridgehead atoms. The first kappa shape index (κ1) is 23.7. The van der Waals surface area contributed by atoms with Crippen LogP contribution in [0.5, 0.6) is 11.5 Å². The third-order valence-corrected chi connectivity index (χ3v) is 5.71. The van der Waals surface area contributed by atoms with Crippen molar-refractivity contribution in [3.63, 3.8) is 0 Å². The van der Waals surface area contributed by atoms with Gasteiger partial charge in [-0.15, -0.1) is 0 Å². The molecule has 0 atom stereocenters. The average molecular weight is 438 g/mol. The zero-order valence-electron chi connectivity index (χ0n) is 19.3. The summed E-state index contributed by atoms with van der Waals surface area (Å²) in [6.07, 6.45) is 3.70. The maximum atomic E-state index is 12.5. The summed E-state index contributed by atoms with van der Waals surface area (Å²) in [5, 5.41) is 3.01. The molecule has 6 nitrogen and oxygen atoms in total. The van der Waals surface area contributed by atoms with Gasteiger partial charge in [-0.1, -0.05) is 24.8 Å². The molecule has 1 fully saturated rings. The van der Waals surface area contributed by atoms with Crippen LogP contribution in [0.1, 0.15) is 28.8 Å². The Morgan fingerprint density at radius 2 is 1.91 bits per heavy atom. The maximum absolute atomic E-state index is 12.5. The van der Waals surface area contributed by atoms with Gasteiger partial charge in [-0.2, -0.15) is 0 Å². The number of unbranched alkanes of at least 4 members (excludes halogenated alkanes) is 1. The first-order valence-corrected chi connectivity index (χ1v) is 11.3. The van der Waals surface area contributed by atoms with E-state index in [1.54, 1.807) is 31.4 Å². The highest BCUT2D eigenvalue weighted by atomic mass is 16.5. The second-order valence-electron chi connectivity index (χ2n) is 8.10. The van der Waals surface area contributed by atoms with Crippen molar-refractivity contribution in [2.75, 3.05) is 57.9 Å². The Kier molecular flexibility index (Phi) is 8.99. The SMILES string of the molecule is C=CCOc1ccc(C(=O)NCCCCN2CCN(c3cccc(C)c3)CC2)cc1OC. The number of hydrogen-bond acceptors (Lipinski definition) is 5. The van der Waals surface area contributed by atoms with Crippen molar-refractivity contribution in [2.24, 2.45) is 0 Å². The van der Waals surface area contributed by atoms with Crippen LogP contribution in [0.15, 0.2) is 55.1 Å². The predicted octanol–water partition coefficient (Wildman–Crippen LogP) is 3.90. The summed E-state index contributed by atoms with van der Waals surface area (Å²) in [5.41, 5.74) is 3.20. The lowest BCUT2D eigenvalue weighted by Gasteiger charge is -2.36. The lowest BCUT2D eigenvalue weighted by molar-refractivity contribution is 0.0952. The lowest BCUT2D eigenvalue weighted by atomic mass is 10.1. The van der Waals surface area contributed by atoms with Crippen molar-refractivity contribution in [3.05, 3.63) is 66.2 Å². The highest BCUT2D eigenvalue weighted by Gasteiger charge is 2.17. The smallest absolute Gasteiger partial charge is 0.251 e. The van der Waals surface area contributed by atoms with Gasteiger partial charge in [0, 0.05) is 44.0 Å². The van der Waals surface area contributed by atoms with E-state index in [1.807, 2.05) is 0 Å². The number of piperazine rings is 1. The number of rotatable bonds is 11. The summed E-state index contributed by atoms with van der Waals surface area (Å²) in [6, 6.07) is 14.0. The Morgan fingerprint density at radius 3 is 2.62 bits per heavy atom. The van der Waals surface area contributed by atoms with Crippen LogP contribution in [-0.2, 0) is 0 Å². The van der Waals surface area contributed by atoms with Crippen molar-refractivity contribution in [1.82, 2.24) is 10.2 Å². The molecule has 0 aliphatic carbocycles. The maximum Gasteiger partial charge on any atom is 0.251 e. The molecule has 0 aromatic heterocycles. The van der Waals surface area contributed by atoms with E-state index in [1.165, 1.54) is 11.3 Å². The molecule has 1 N–H and O–H groups in total. The number of anilines is 1. The second-order valence-corrected chi connectivity index (χ2v) is 8.10. The second kappa shape index (κ2) is 12.2. The zero-order chi connectivity index (χ0) is 22.8. The first-order valence-electron chi connectivity index (χ1n) is 11.3. The lowest BCUT2D eigenvalue weighted by Crippen LogP contribution is -2.46. The molecule has 0 unspecified atom stereocenters. The van der Waals surface area contributed by atoms with E-state index in [4.69, 9.17) is 9.47 Å². The van der Waals surface area contributed by atoms with Crippen LogP contribution in [0.2, 0.25) is 0 Å². The highest BCUT2D eigenvalue weighted by molar-refractivity contribution is 5.94. The minimum atomic E-state index is -0.0923. The van der Waals surface area contributed by atoms with Gasteiger partial charge in [0.15, 0.2) is 11.5 Å². The Hall–Kier alpha value is -2.99. The van der Waals surface area contributed by atoms with Crippen molar-refractivity contribution in [1.29, 1.82) is 0 Å². The fourth-order valence-corrected chi connectivity index (χ4v) is 3.90. The Morgan fingerprint density at radius 1 is 1.09 bits per heavy atom. The van der Waals surface area contributed by atoms with Gasteiger partial charge < -0.3 is 19.7 Å². The number of nitrogens with one attached hydrogen (secondary N) is 1. The minimum absolute atomic E-state index is 0.0923. The van der Waals surface area contributed by atoms with Crippen LogP contribution in [0.25, 0.3) is 0 Å². The van der Waals surface area contributed by atoms with Gasteiger partial charge in [0.05, 0.1) is 7.11 Å². The molecule has 1 aliphatic rings. The van der Waals surface area contributed by atoms with Crippen LogP contribution in [0.3, 0.4) is 0 Å². The van der Waals surface area contributed by atoms with E-state index in [0.29, 0.717) is 30.2 Å². The van der Waals surface area contributed by atoms with Crippen LogP contribution < -0.4 is 19.7 Å². The fourth-order valence-electron chi connectivity index (χ4n) is 3.90. The largest absolute Gasteiger partial charge is 0.493 e.